The van der Waals surface area contributed by atoms with Gasteiger partial charge in [0.2, 0.25) is 5.88 Å². The van der Waals surface area contributed by atoms with Crippen LogP contribution in [0.1, 0.15) is 5.56 Å². The van der Waals surface area contributed by atoms with E-state index in [9.17, 15) is 5.11 Å². The fraction of sp³-hybridized carbons (Fsp3) is 0. The molecule has 0 amide bonds. The van der Waals surface area contributed by atoms with E-state index < -0.39 is 0 Å². The molecule has 0 aliphatic carbocycles. The minimum Gasteiger partial charge on any atom is -0.492 e. The van der Waals surface area contributed by atoms with Gasteiger partial charge in [0.25, 0.3) is 0 Å². The molecule has 0 fully saturated rings. The maximum Gasteiger partial charge on any atom is 0.230 e. The van der Waals surface area contributed by atoms with Crippen molar-refractivity contribution in [2.24, 2.45) is 0 Å². The number of aromatic nitrogens is 1. The van der Waals surface area contributed by atoms with Gasteiger partial charge in [0.1, 0.15) is 17.4 Å². The summed E-state index contributed by atoms with van der Waals surface area (Å²) in [5.74, 6) is 0.256. The molecule has 0 unspecified atom stereocenters. The maximum absolute atomic E-state index is 9.90. The van der Waals surface area contributed by atoms with Crippen molar-refractivity contribution < 1.29 is 9.52 Å². The normalized spacial score (nSPS) is 10.3. The van der Waals surface area contributed by atoms with E-state index in [-0.39, 0.29) is 11.4 Å². The molecule has 3 aromatic heterocycles. The molecule has 0 atom stereocenters. The summed E-state index contributed by atoms with van der Waals surface area (Å²) in [7, 11) is 0. The van der Waals surface area contributed by atoms with Crippen LogP contribution in [-0.2, 0) is 0 Å². The van der Waals surface area contributed by atoms with E-state index in [1.165, 1.54) is 17.6 Å². The Morgan fingerprint density at radius 2 is 2.21 bits per heavy atom. The molecule has 0 aliphatic rings. The molecule has 92 valence electrons. The number of hydrogen-bond acceptors (Lipinski definition) is 5. The number of aromatic hydroxyl groups is 1. The lowest BCUT2D eigenvalue weighted by atomic mass is 10.1. The molecular formula is C14H8N2O2S. The Bertz CT molecular complexity index is 741. The Morgan fingerprint density at radius 3 is 2.84 bits per heavy atom. The molecule has 0 spiro atoms. The van der Waals surface area contributed by atoms with Crippen LogP contribution >= 0.6 is 11.3 Å². The van der Waals surface area contributed by atoms with E-state index in [4.69, 9.17) is 9.68 Å². The Kier molecular flexibility index (Phi) is 2.78. The fourth-order valence-corrected chi connectivity index (χ4v) is 2.50. The van der Waals surface area contributed by atoms with Gasteiger partial charge >= 0.3 is 0 Å². The SMILES string of the molecule is N#Cc1c(-c2ccco2)cc(-c2cccs2)nc1O. The lowest BCUT2D eigenvalue weighted by Gasteiger charge is -2.05. The van der Waals surface area contributed by atoms with Crippen molar-refractivity contribution >= 4 is 11.3 Å². The monoisotopic (exact) mass is 268 g/mol. The van der Waals surface area contributed by atoms with Gasteiger partial charge in [0.05, 0.1) is 16.8 Å². The predicted octanol–water partition coefficient (Wildman–Crippen LogP) is 3.65. The van der Waals surface area contributed by atoms with Crippen molar-refractivity contribution in [1.82, 2.24) is 4.98 Å². The lowest BCUT2D eigenvalue weighted by Crippen LogP contribution is -1.90. The second-order valence-electron chi connectivity index (χ2n) is 3.82. The van der Waals surface area contributed by atoms with Gasteiger partial charge in [-0.1, -0.05) is 6.07 Å². The van der Waals surface area contributed by atoms with Crippen LogP contribution in [0.4, 0.5) is 0 Å². The van der Waals surface area contributed by atoms with Crippen LogP contribution in [-0.4, -0.2) is 10.1 Å². The van der Waals surface area contributed by atoms with Crippen LogP contribution in [0.25, 0.3) is 21.9 Å². The molecule has 4 nitrogen and oxygen atoms in total. The van der Waals surface area contributed by atoms with Crippen LogP contribution in [0.15, 0.2) is 46.4 Å². The highest BCUT2D eigenvalue weighted by atomic mass is 32.1. The van der Waals surface area contributed by atoms with Gasteiger partial charge in [-0.25, -0.2) is 4.98 Å². The number of thiophene rings is 1. The van der Waals surface area contributed by atoms with Crippen molar-refractivity contribution in [2.45, 2.75) is 0 Å². The smallest absolute Gasteiger partial charge is 0.230 e. The topological polar surface area (TPSA) is 70.0 Å². The highest BCUT2D eigenvalue weighted by Gasteiger charge is 2.16. The average molecular weight is 268 g/mol. The molecule has 3 rings (SSSR count). The molecule has 0 aromatic carbocycles. The molecule has 19 heavy (non-hydrogen) atoms. The minimum atomic E-state index is -0.278. The third-order valence-corrected chi connectivity index (χ3v) is 3.56. The largest absolute Gasteiger partial charge is 0.492 e. The van der Waals surface area contributed by atoms with Crippen molar-refractivity contribution in [3.05, 3.63) is 47.5 Å². The summed E-state index contributed by atoms with van der Waals surface area (Å²) < 4.78 is 5.30. The van der Waals surface area contributed by atoms with Crippen LogP contribution in [0.5, 0.6) is 5.88 Å². The number of furan rings is 1. The predicted molar refractivity (Wildman–Crippen MR) is 71.6 cm³/mol. The standard InChI is InChI=1S/C14H8N2O2S/c15-8-10-9(12-3-1-5-18-12)7-11(16-14(10)17)13-4-2-6-19-13/h1-7H,(H,16,17). The Hall–Kier alpha value is -2.58. The molecule has 0 bridgehead atoms. The number of pyridine rings is 1. The van der Waals surface area contributed by atoms with Crippen molar-refractivity contribution in [1.29, 1.82) is 5.26 Å². The number of hydrogen-bond donors (Lipinski definition) is 1. The van der Waals surface area contributed by atoms with Crippen molar-refractivity contribution in [3.8, 4) is 33.8 Å². The van der Waals surface area contributed by atoms with E-state index in [1.807, 2.05) is 23.6 Å². The summed E-state index contributed by atoms with van der Waals surface area (Å²) >= 11 is 1.52. The van der Waals surface area contributed by atoms with Gasteiger partial charge in [-0.05, 0) is 29.6 Å². The van der Waals surface area contributed by atoms with E-state index in [1.54, 1.807) is 18.2 Å². The van der Waals surface area contributed by atoms with Crippen molar-refractivity contribution in [3.63, 3.8) is 0 Å². The number of nitrogens with zero attached hydrogens (tertiary/aromatic N) is 2. The van der Waals surface area contributed by atoms with Crippen LogP contribution in [0, 0.1) is 11.3 Å². The molecular weight excluding hydrogens is 260 g/mol. The van der Waals surface area contributed by atoms with E-state index >= 15 is 0 Å². The quantitative estimate of drug-likeness (QED) is 0.770. The second kappa shape index (κ2) is 4.59. The number of rotatable bonds is 2. The summed E-state index contributed by atoms with van der Waals surface area (Å²) in [6.45, 7) is 0. The zero-order chi connectivity index (χ0) is 13.2. The molecule has 1 N–H and O–H groups in total. The summed E-state index contributed by atoms with van der Waals surface area (Å²) in [6, 6.07) is 11.0. The average Bonchev–Trinajstić information content (AvgIpc) is 3.11. The first-order chi connectivity index (χ1) is 9.29. The third-order valence-electron chi connectivity index (χ3n) is 2.67. The Labute approximate surface area is 113 Å². The van der Waals surface area contributed by atoms with Gasteiger partial charge in [0, 0.05) is 5.56 Å². The zero-order valence-electron chi connectivity index (χ0n) is 9.70. The third kappa shape index (κ3) is 1.98. The zero-order valence-corrected chi connectivity index (χ0v) is 10.5. The van der Waals surface area contributed by atoms with Gasteiger partial charge in [-0.2, -0.15) is 5.26 Å². The maximum atomic E-state index is 9.90. The number of nitriles is 1. The van der Waals surface area contributed by atoms with E-state index in [0.717, 1.165) is 4.88 Å². The van der Waals surface area contributed by atoms with Gasteiger partial charge in [-0.15, -0.1) is 11.3 Å². The summed E-state index contributed by atoms with van der Waals surface area (Å²) in [6.07, 6.45) is 1.53. The van der Waals surface area contributed by atoms with Crippen LogP contribution < -0.4 is 0 Å². The van der Waals surface area contributed by atoms with Crippen molar-refractivity contribution in [2.75, 3.05) is 0 Å². The summed E-state index contributed by atoms with van der Waals surface area (Å²) in [4.78, 5) is 4.98. The molecule has 3 heterocycles. The minimum absolute atomic E-state index is 0.121. The first-order valence-corrected chi connectivity index (χ1v) is 6.39. The fourth-order valence-electron chi connectivity index (χ4n) is 1.82. The molecule has 3 aromatic rings. The molecule has 0 saturated heterocycles. The van der Waals surface area contributed by atoms with Gasteiger partial charge < -0.3 is 9.52 Å². The lowest BCUT2D eigenvalue weighted by molar-refractivity contribution is 0.452. The summed E-state index contributed by atoms with van der Waals surface area (Å²) in [5, 5.41) is 21.0. The van der Waals surface area contributed by atoms with Gasteiger partial charge in [-0.3, -0.25) is 0 Å². The molecule has 5 heteroatoms. The highest BCUT2D eigenvalue weighted by molar-refractivity contribution is 7.13. The molecule has 0 saturated carbocycles. The first-order valence-electron chi connectivity index (χ1n) is 5.51. The van der Waals surface area contributed by atoms with E-state index in [2.05, 4.69) is 4.98 Å². The van der Waals surface area contributed by atoms with Gasteiger partial charge in [0.15, 0.2) is 0 Å². The van der Waals surface area contributed by atoms with Crippen LogP contribution in [0.2, 0.25) is 0 Å². The van der Waals surface area contributed by atoms with Crippen LogP contribution in [0.3, 0.4) is 0 Å². The Balaban J connectivity index is 2.25. The summed E-state index contributed by atoms with van der Waals surface area (Å²) in [5.41, 5.74) is 1.29. The highest BCUT2D eigenvalue weighted by Crippen LogP contribution is 2.34. The first kappa shape index (κ1) is 11.5. The van der Waals surface area contributed by atoms with E-state index in [0.29, 0.717) is 17.0 Å². The molecule has 0 aliphatic heterocycles. The Morgan fingerprint density at radius 1 is 1.32 bits per heavy atom. The molecule has 0 radical (unpaired) electrons. The second-order valence-corrected chi connectivity index (χ2v) is 4.77.